The summed E-state index contributed by atoms with van der Waals surface area (Å²) in [5.41, 5.74) is 2.28. The number of aromatic nitrogens is 1. The van der Waals surface area contributed by atoms with Crippen molar-refractivity contribution in [1.82, 2.24) is 14.8 Å². The van der Waals surface area contributed by atoms with E-state index in [1.807, 2.05) is 24.3 Å². The number of carbonyl (C=O) groups excluding carboxylic acids is 2. The number of rotatable bonds is 3. The summed E-state index contributed by atoms with van der Waals surface area (Å²) in [6.07, 6.45) is 12.6. The predicted molar refractivity (Wildman–Crippen MR) is 115 cm³/mol. The highest BCUT2D eigenvalue weighted by Crippen LogP contribution is 2.44. The van der Waals surface area contributed by atoms with Crippen LogP contribution >= 0.6 is 11.6 Å². The predicted octanol–water partition coefficient (Wildman–Crippen LogP) is 3.87. The number of nitrogens with zero attached hydrogens (tertiary/aromatic N) is 3. The molecule has 1 unspecified atom stereocenters. The zero-order valence-corrected chi connectivity index (χ0v) is 17.0. The molecule has 1 saturated heterocycles. The molecule has 3 heterocycles. The Hall–Kier alpha value is -3.18. The highest BCUT2D eigenvalue weighted by atomic mass is 35.5. The van der Waals surface area contributed by atoms with Crippen molar-refractivity contribution in [2.45, 2.75) is 18.5 Å². The zero-order valence-electron chi connectivity index (χ0n) is 16.3. The molecule has 0 bridgehead atoms. The van der Waals surface area contributed by atoms with Crippen LogP contribution in [-0.2, 0) is 16.9 Å². The molecular weight excluding hydrogens is 398 g/mol. The molecule has 1 fully saturated rings. The van der Waals surface area contributed by atoms with Gasteiger partial charge in [0.1, 0.15) is 5.66 Å². The second kappa shape index (κ2) is 7.26. The first kappa shape index (κ1) is 18.8. The first-order chi connectivity index (χ1) is 14.6. The number of allylic oxidation sites excluding steroid dienone is 5. The number of pyridine rings is 1. The maximum absolute atomic E-state index is 13.4. The molecule has 1 atom stereocenters. The molecule has 1 aliphatic carbocycles. The SMILES string of the molecule is O=C(/C=C/C1=CCC=C1)N1CCN2C(=O)c3cccnc3CC12c1ccc(Cl)cc1. The van der Waals surface area contributed by atoms with Gasteiger partial charge < -0.3 is 9.80 Å². The fraction of sp³-hybridized carbons (Fsp3) is 0.208. The van der Waals surface area contributed by atoms with E-state index >= 15 is 0 Å². The molecule has 1 aromatic carbocycles. The summed E-state index contributed by atoms with van der Waals surface area (Å²) in [5.74, 6) is -0.221. The van der Waals surface area contributed by atoms with E-state index in [1.54, 1.807) is 46.3 Å². The lowest BCUT2D eigenvalue weighted by atomic mass is 9.86. The Morgan fingerprint density at radius 3 is 2.77 bits per heavy atom. The summed E-state index contributed by atoms with van der Waals surface area (Å²) in [5, 5.41) is 0.609. The van der Waals surface area contributed by atoms with E-state index in [0.717, 1.165) is 17.6 Å². The van der Waals surface area contributed by atoms with Gasteiger partial charge in [-0.2, -0.15) is 0 Å². The summed E-state index contributed by atoms with van der Waals surface area (Å²) in [6.45, 7) is 0.929. The molecule has 5 nitrogen and oxygen atoms in total. The van der Waals surface area contributed by atoms with Gasteiger partial charge in [0.15, 0.2) is 0 Å². The van der Waals surface area contributed by atoms with Crippen molar-refractivity contribution in [3.05, 3.63) is 100 Å². The fourth-order valence-corrected chi connectivity index (χ4v) is 4.73. The first-order valence-corrected chi connectivity index (χ1v) is 10.4. The molecule has 1 aromatic heterocycles. The van der Waals surface area contributed by atoms with Crippen molar-refractivity contribution < 1.29 is 9.59 Å². The minimum absolute atomic E-state index is 0.0972. The second-order valence-electron chi connectivity index (χ2n) is 7.62. The van der Waals surface area contributed by atoms with Crippen molar-refractivity contribution in [2.75, 3.05) is 13.1 Å². The van der Waals surface area contributed by atoms with Crippen LogP contribution in [0.5, 0.6) is 0 Å². The fourth-order valence-electron chi connectivity index (χ4n) is 4.61. The number of halogens is 1. The Morgan fingerprint density at radius 2 is 2.00 bits per heavy atom. The molecule has 0 N–H and O–H groups in total. The monoisotopic (exact) mass is 417 g/mol. The van der Waals surface area contributed by atoms with E-state index in [0.29, 0.717) is 35.8 Å². The maximum atomic E-state index is 13.4. The molecule has 0 spiro atoms. The third-order valence-electron chi connectivity index (χ3n) is 6.01. The molecule has 2 aromatic rings. The van der Waals surface area contributed by atoms with E-state index in [-0.39, 0.29) is 11.8 Å². The van der Waals surface area contributed by atoms with Crippen LogP contribution in [0, 0.1) is 0 Å². The van der Waals surface area contributed by atoms with Gasteiger partial charge in [0.25, 0.3) is 5.91 Å². The molecule has 3 aliphatic rings. The molecule has 0 saturated carbocycles. The van der Waals surface area contributed by atoms with E-state index in [2.05, 4.69) is 17.1 Å². The van der Waals surface area contributed by atoms with E-state index in [9.17, 15) is 9.59 Å². The molecule has 2 amide bonds. The minimum Gasteiger partial charge on any atom is -0.310 e. The topological polar surface area (TPSA) is 53.5 Å². The Balaban J connectivity index is 1.61. The number of benzene rings is 1. The zero-order chi connectivity index (χ0) is 20.7. The smallest absolute Gasteiger partial charge is 0.257 e. The Morgan fingerprint density at radius 1 is 1.17 bits per heavy atom. The standard InChI is InChI=1S/C24H20ClN3O2/c25-19-10-8-18(9-11-19)24-16-21-20(6-3-13-26-21)23(30)28(24)15-14-27(24)22(29)12-7-17-4-1-2-5-17/h1,3-13H,2,14-16H2/b12-7+. The lowest BCUT2D eigenvalue weighted by Gasteiger charge is -2.46. The van der Waals surface area contributed by atoms with Crippen LogP contribution in [-0.4, -0.2) is 39.7 Å². The van der Waals surface area contributed by atoms with Gasteiger partial charge in [-0.15, -0.1) is 0 Å². The van der Waals surface area contributed by atoms with Crippen LogP contribution in [0.25, 0.3) is 0 Å². The Labute approximate surface area is 180 Å². The van der Waals surface area contributed by atoms with Gasteiger partial charge in [-0.05, 0) is 47.9 Å². The number of fused-ring (bicyclic) bond motifs is 2. The second-order valence-corrected chi connectivity index (χ2v) is 8.06. The average molecular weight is 418 g/mol. The number of hydrogen-bond acceptors (Lipinski definition) is 3. The van der Waals surface area contributed by atoms with Gasteiger partial charge in [0.2, 0.25) is 5.91 Å². The molecule has 5 rings (SSSR count). The van der Waals surface area contributed by atoms with Gasteiger partial charge in [-0.1, -0.05) is 42.0 Å². The average Bonchev–Trinajstić information content (AvgIpc) is 3.41. The summed E-state index contributed by atoms with van der Waals surface area (Å²) in [4.78, 5) is 34.8. The Kier molecular flexibility index (Phi) is 4.55. The van der Waals surface area contributed by atoms with Crippen molar-refractivity contribution >= 4 is 23.4 Å². The van der Waals surface area contributed by atoms with Gasteiger partial charge in [-0.25, -0.2) is 0 Å². The van der Waals surface area contributed by atoms with Crippen molar-refractivity contribution in [2.24, 2.45) is 0 Å². The molecule has 2 aliphatic heterocycles. The van der Waals surface area contributed by atoms with Gasteiger partial charge >= 0.3 is 0 Å². The number of amides is 2. The molecule has 30 heavy (non-hydrogen) atoms. The quantitative estimate of drug-likeness (QED) is 0.712. The first-order valence-electron chi connectivity index (χ1n) is 9.98. The van der Waals surface area contributed by atoms with Crippen molar-refractivity contribution in [1.29, 1.82) is 0 Å². The van der Waals surface area contributed by atoms with Crippen molar-refractivity contribution in [3.8, 4) is 0 Å². The van der Waals surface area contributed by atoms with E-state index in [4.69, 9.17) is 11.6 Å². The largest absolute Gasteiger partial charge is 0.310 e. The molecule has 0 radical (unpaired) electrons. The van der Waals surface area contributed by atoms with Crippen LogP contribution in [0.4, 0.5) is 0 Å². The van der Waals surface area contributed by atoms with Crippen LogP contribution in [0.2, 0.25) is 5.02 Å². The van der Waals surface area contributed by atoms with Crippen LogP contribution < -0.4 is 0 Å². The summed E-state index contributed by atoms with van der Waals surface area (Å²) in [7, 11) is 0. The molecule has 6 heteroatoms. The maximum Gasteiger partial charge on any atom is 0.257 e. The number of carbonyl (C=O) groups is 2. The molecule has 150 valence electrons. The lowest BCUT2D eigenvalue weighted by molar-refractivity contribution is -0.134. The van der Waals surface area contributed by atoms with Gasteiger partial charge in [0.05, 0.1) is 11.3 Å². The summed E-state index contributed by atoms with van der Waals surface area (Å²) >= 11 is 6.13. The van der Waals surface area contributed by atoms with Crippen molar-refractivity contribution in [3.63, 3.8) is 0 Å². The van der Waals surface area contributed by atoms with Crippen LogP contribution in [0.1, 0.15) is 28.0 Å². The third kappa shape index (κ3) is 2.89. The van der Waals surface area contributed by atoms with Crippen LogP contribution in [0.15, 0.2) is 78.5 Å². The van der Waals surface area contributed by atoms with E-state index in [1.165, 1.54) is 0 Å². The summed E-state index contributed by atoms with van der Waals surface area (Å²) in [6, 6.07) is 11.0. The minimum atomic E-state index is -0.912. The highest BCUT2D eigenvalue weighted by molar-refractivity contribution is 6.30. The van der Waals surface area contributed by atoms with Gasteiger partial charge in [-0.3, -0.25) is 14.6 Å². The lowest BCUT2D eigenvalue weighted by Crippen LogP contribution is -2.58. The number of hydrogen-bond donors (Lipinski definition) is 0. The van der Waals surface area contributed by atoms with E-state index < -0.39 is 5.66 Å². The highest BCUT2D eigenvalue weighted by Gasteiger charge is 2.55. The molecular formula is C24H20ClN3O2. The summed E-state index contributed by atoms with van der Waals surface area (Å²) < 4.78 is 0. The Bertz CT molecular complexity index is 1120. The van der Waals surface area contributed by atoms with Crippen LogP contribution in [0.3, 0.4) is 0 Å². The third-order valence-corrected chi connectivity index (χ3v) is 6.26. The van der Waals surface area contributed by atoms with Gasteiger partial charge in [0, 0.05) is 36.8 Å². The normalized spacial score (nSPS) is 22.4.